The third kappa shape index (κ3) is 4.01. The van der Waals surface area contributed by atoms with Gasteiger partial charge < -0.3 is 20.0 Å². The van der Waals surface area contributed by atoms with E-state index in [-0.39, 0.29) is 24.1 Å². The molecule has 8 nitrogen and oxygen atoms in total. The number of anilines is 1. The Morgan fingerprint density at radius 1 is 1.00 bits per heavy atom. The van der Waals surface area contributed by atoms with Crippen molar-refractivity contribution in [2.75, 3.05) is 50.7 Å². The standard InChI is InChI=1S/C26H35N5O3/c32-23-4-3-22(24(33)28-23)31-15-19-13-20(1-2-21(19)25(31)34)30-11-5-18(6-12-30)14-29-16-26(17-29)7-9-27-10-8-26/h1-2,13,18,22,27H,3-12,14-17H2,(H,28,32,33). The van der Waals surface area contributed by atoms with E-state index in [0.29, 0.717) is 23.9 Å². The van der Waals surface area contributed by atoms with Gasteiger partial charge in [-0.1, -0.05) is 0 Å². The Kier molecular flexibility index (Phi) is 5.60. The zero-order valence-corrected chi connectivity index (χ0v) is 19.9. The average molecular weight is 466 g/mol. The highest BCUT2D eigenvalue weighted by atomic mass is 16.2. The van der Waals surface area contributed by atoms with Crippen molar-refractivity contribution in [3.05, 3.63) is 29.3 Å². The van der Waals surface area contributed by atoms with Crippen molar-refractivity contribution in [1.82, 2.24) is 20.4 Å². The molecule has 34 heavy (non-hydrogen) atoms. The molecule has 182 valence electrons. The first-order valence-electron chi connectivity index (χ1n) is 13.0. The molecule has 5 aliphatic rings. The van der Waals surface area contributed by atoms with Crippen LogP contribution in [0.2, 0.25) is 0 Å². The highest BCUT2D eigenvalue weighted by molar-refractivity contribution is 6.05. The minimum Gasteiger partial charge on any atom is -0.372 e. The van der Waals surface area contributed by atoms with E-state index in [9.17, 15) is 14.4 Å². The number of carbonyl (C=O) groups excluding carboxylic acids is 3. The van der Waals surface area contributed by atoms with Gasteiger partial charge in [0, 0.05) is 56.9 Å². The van der Waals surface area contributed by atoms with E-state index in [1.807, 2.05) is 6.07 Å². The van der Waals surface area contributed by atoms with Crippen molar-refractivity contribution in [2.24, 2.45) is 11.3 Å². The van der Waals surface area contributed by atoms with Gasteiger partial charge in [-0.3, -0.25) is 19.7 Å². The van der Waals surface area contributed by atoms with E-state index >= 15 is 0 Å². The largest absolute Gasteiger partial charge is 0.372 e. The van der Waals surface area contributed by atoms with Crippen LogP contribution in [0, 0.1) is 11.3 Å². The van der Waals surface area contributed by atoms with Crippen LogP contribution in [0.4, 0.5) is 5.69 Å². The minimum atomic E-state index is -0.553. The van der Waals surface area contributed by atoms with Gasteiger partial charge in [-0.25, -0.2) is 0 Å². The highest BCUT2D eigenvalue weighted by Gasteiger charge is 2.44. The summed E-state index contributed by atoms with van der Waals surface area (Å²) in [5.41, 5.74) is 3.46. The normalized spacial score (nSPS) is 27.6. The minimum absolute atomic E-state index is 0.101. The average Bonchev–Trinajstić information content (AvgIpc) is 3.15. The number of nitrogens with zero attached hydrogens (tertiary/aromatic N) is 3. The first-order valence-corrected chi connectivity index (χ1v) is 13.0. The van der Waals surface area contributed by atoms with Gasteiger partial charge in [0.2, 0.25) is 11.8 Å². The van der Waals surface area contributed by atoms with Crippen LogP contribution in [0.3, 0.4) is 0 Å². The van der Waals surface area contributed by atoms with Crippen LogP contribution >= 0.6 is 0 Å². The van der Waals surface area contributed by atoms with Gasteiger partial charge in [-0.2, -0.15) is 0 Å². The number of amides is 3. The molecule has 4 fully saturated rings. The number of nitrogens with one attached hydrogen (secondary N) is 2. The van der Waals surface area contributed by atoms with Gasteiger partial charge in [0.15, 0.2) is 0 Å². The molecule has 8 heteroatoms. The molecule has 1 aromatic rings. The van der Waals surface area contributed by atoms with E-state index in [4.69, 9.17) is 0 Å². The number of hydrogen-bond donors (Lipinski definition) is 2. The third-order valence-corrected chi connectivity index (χ3v) is 8.79. The van der Waals surface area contributed by atoms with E-state index in [1.165, 1.54) is 64.1 Å². The molecule has 0 radical (unpaired) electrons. The maximum Gasteiger partial charge on any atom is 0.255 e. The second-order valence-electron chi connectivity index (χ2n) is 11.1. The number of hydrogen-bond acceptors (Lipinski definition) is 6. The lowest BCUT2D eigenvalue weighted by Gasteiger charge is -2.54. The van der Waals surface area contributed by atoms with Gasteiger partial charge in [-0.05, 0) is 80.3 Å². The first kappa shape index (κ1) is 22.0. The van der Waals surface area contributed by atoms with Crippen LogP contribution in [0.25, 0.3) is 0 Å². The summed E-state index contributed by atoms with van der Waals surface area (Å²) in [6, 6.07) is 5.56. The molecule has 3 amide bonds. The fourth-order valence-corrected chi connectivity index (χ4v) is 6.80. The summed E-state index contributed by atoms with van der Waals surface area (Å²) in [4.78, 5) is 43.5. The Hall–Kier alpha value is -2.45. The van der Waals surface area contributed by atoms with Crippen LogP contribution < -0.4 is 15.5 Å². The second kappa shape index (κ2) is 8.64. The van der Waals surface area contributed by atoms with Gasteiger partial charge >= 0.3 is 0 Å². The lowest BCUT2D eigenvalue weighted by atomic mass is 9.72. The third-order valence-electron chi connectivity index (χ3n) is 8.79. The van der Waals surface area contributed by atoms with E-state index in [0.717, 1.165) is 24.6 Å². The Balaban J connectivity index is 1.03. The summed E-state index contributed by atoms with van der Waals surface area (Å²) < 4.78 is 0. The number of likely N-dealkylation sites (tertiary alicyclic amines) is 1. The van der Waals surface area contributed by atoms with Crippen LogP contribution in [-0.2, 0) is 16.1 Å². The molecule has 1 aromatic carbocycles. The molecule has 1 atom stereocenters. The Morgan fingerprint density at radius 2 is 1.76 bits per heavy atom. The number of imide groups is 1. The zero-order valence-electron chi connectivity index (χ0n) is 19.9. The summed E-state index contributed by atoms with van der Waals surface area (Å²) in [5, 5.41) is 5.86. The van der Waals surface area contributed by atoms with Crippen molar-refractivity contribution < 1.29 is 14.4 Å². The number of fused-ring (bicyclic) bond motifs is 1. The molecule has 6 rings (SSSR count). The van der Waals surface area contributed by atoms with Crippen molar-refractivity contribution in [3.8, 4) is 0 Å². The molecule has 0 saturated carbocycles. The van der Waals surface area contributed by atoms with Crippen LogP contribution in [-0.4, -0.2) is 79.4 Å². The summed E-state index contributed by atoms with van der Waals surface area (Å²) in [6.45, 7) is 8.73. The highest BCUT2D eigenvalue weighted by Crippen LogP contribution is 2.40. The van der Waals surface area contributed by atoms with Gasteiger partial charge in [0.1, 0.15) is 6.04 Å². The number of benzene rings is 1. The molecule has 1 spiro atoms. The van der Waals surface area contributed by atoms with Crippen molar-refractivity contribution in [1.29, 1.82) is 0 Å². The molecule has 2 N–H and O–H groups in total. The lowest BCUT2D eigenvalue weighted by molar-refractivity contribution is -0.136. The summed E-state index contributed by atoms with van der Waals surface area (Å²) >= 11 is 0. The topological polar surface area (TPSA) is 85.0 Å². The molecule has 4 saturated heterocycles. The van der Waals surface area contributed by atoms with Gasteiger partial charge in [0.25, 0.3) is 5.91 Å². The Labute approximate surface area is 201 Å². The molecular weight excluding hydrogens is 430 g/mol. The SMILES string of the molecule is O=C1CCC(N2Cc3cc(N4CCC(CN5CC6(CCNCC6)C5)CC4)ccc3C2=O)C(=O)N1. The monoisotopic (exact) mass is 465 g/mol. The van der Waals surface area contributed by atoms with Crippen molar-refractivity contribution >= 4 is 23.4 Å². The summed E-state index contributed by atoms with van der Waals surface area (Å²) in [5.74, 6) is 0.0640. The predicted molar refractivity (Wildman–Crippen MR) is 128 cm³/mol. The first-order chi connectivity index (χ1) is 16.5. The fourth-order valence-electron chi connectivity index (χ4n) is 6.80. The van der Waals surface area contributed by atoms with Gasteiger partial charge in [0.05, 0.1) is 0 Å². The quantitative estimate of drug-likeness (QED) is 0.653. The molecular formula is C26H35N5O3. The Morgan fingerprint density at radius 3 is 2.50 bits per heavy atom. The van der Waals surface area contributed by atoms with Crippen molar-refractivity contribution in [3.63, 3.8) is 0 Å². The second-order valence-corrected chi connectivity index (χ2v) is 11.1. The Bertz CT molecular complexity index is 988. The van der Waals surface area contributed by atoms with E-state index < -0.39 is 6.04 Å². The molecule has 0 bridgehead atoms. The molecule has 5 aliphatic heterocycles. The zero-order chi connectivity index (χ0) is 23.3. The summed E-state index contributed by atoms with van der Waals surface area (Å²) in [7, 11) is 0. The van der Waals surface area contributed by atoms with Gasteiger partial charge in [-0.15, -0.1) is 0 Å². The van der Waals surface area contributed by atoms with Crippen LogP contribution in [0.1, 0.15) is 54.4 Å². The van der Waals surface area contributed by atoms with Crippen LogP contribution in [0.5, 0.6) is 0 Å². The van der Waals surface area contributed by atoms with E-state index in [2.05, 4.69) is 32.6 Å². The molecule has 0 aromatic heterocycles. The predicted octanol–water partition coefficient (Wildman–Crippen LogP) is 1.35. The molecule has 1 unspecified atom stereocenters. The molecule has 0 aliphatic carbocycles. The number of rotatable bonds is 4. The summed E-state index contributed by atoms with van der Waals surface area (Å²) in [6.07, 6.45) is 5.78. The smallest absolute Gasteiger partial charge is 0.255 e. The fraction of sp³-hybridized carbons (Fsp3) is 0.654. The lowest BCUT2D eigenvalue weighted by Crippen LogP contribution is -2.60. The number of piperidine rings is 3. The maximum atomic E-state index is 12.9. The van der Waals surface area contributed by atoms with Crippen molar-refractivity contribution in [2.45, 2.75) is 51.1 Å². The molecule has 5 heterocycles. The van der Waals surface area contributed by atoms with Crippen LogP contribution in [0.15, 0.2) is 18.2 Å². The van der Waals surface area contributed by atoms with E-state index in [1.54, 1.807) is 4.90 Å². The number of carbonyl (C=O) groups is 3. The maximum absolute atomic E-state index is 12.9.